The van der Waals surface area contributed by atoms with Crippen LogP contribution in [-0.2, 0) is 10.1 Å². The quantitative estimate of drug-likeness (QED) is 0.835. The molecule has 3 nitrogen and oxygen atoms in total. The first kappa shape index (κ1) is 13.6. The fourth-order valence-corrected chi connectivity index (χ4v) is 3.47. The van der Waals surface area contributed by atoms with E-state index in [2.05, 4.69) is 6.92 Å². The molecular formula is C14H20O3S. The summed E-state index contributed by atoms with van der Waals surface area (Å²) in [5.74, 6) is 0.995. The van der Waals surface area contributed by atoms with Gasteiger partial charge in [0.2, 0.25) is 0 Å². The van der Waals surface area contributed by atoms with Crippen LogP contribution in [0.15, 0.2) is 23.1 Å². The highest BCUT2D eigenvalue weighted by Crippen LogP contribution is 2.39. The van der Waals surface area contributed by atoms with Crippen LogP contribution in [0.3, 0.4) is 0 Å². The van der Waals surface area contributed by atoms with Crippen molar-refractivity contribution in [2.75, 3.05) is 0 Å². The van der Waals surface area contributed by atoms with Crippen LogP contribution in [0, 0.1) is 12.8 Å². The maximum absolute atomic E-state index is 11.2. The van der Waals surface area contributed by atoms with Gasteiger partial charge in [-0.05, 0) is 48.4 Å². The monoisotopic (exact) mass is 268 g/mol. The van der Waals surface area contributed by atoms with Gasteiger partial charge in [-0.2, -0.15) is 8.42 Å². The van der Waals surface area contributed by atoms with E-state index in [1.165, 1.54) is 25.3 Å². The zero-order valence-corrected chi connectivity index (χ0v) is 11.7. The van der Waals surface area contributed by atoms with Crippen LogP contribution in [0.2, 0.25) is 0 Å². The molecule has 100 valence electrons. The van der Waals surface area contributed by atoms with E-state index in [1.54, 1.807) is 12.1 Å². The van der Waals surface area contributed by atoms with E-state index in [-0.39, 0.29) is 4.90 Å². The van der Waals surface area contributed by atoms with Gasteiger partial charge in [0.15, 0.2) is 0 Å². The molecule has 18 heavy (non-hydrogen) atoms. The standard InChI is InChI=1S/C14H20O3S/c1-10-5-3-4-6-13(10)14-9-12(18(15,16)17)8-7-11(14)2/h7-10,13H,3-6H2,1-2H3,(H,15,16,17). The highest BCUT2D eigenvalue weighted by molar-refractivity contribution is 7.85. The third kappa shape index (κ3) is 2.75. The van der Waals surface area contributed by atoms with Crippen molar-refractivity contribution < 1.29 is 13.0 Å². The number of benzene rings is 1. The molecule has 1 aromatic carbocycles. The van der Waals surface area contributed by atoms with Crippen molar-refractivity contribution in [1.29, 1.82) is 0 Å². The summed E-state index contributed by atoms with van der Waals surface area (Å²) in [5.41, 5.74) is 2.19. The molecular weight excluding hydrogens is 248 g/mol. The summed E-state index contributed by atoms with van der Waals surface area (Å²) in [6.45, 7) is 4.23. The van der Waals surface area contributed by atoms with Crippen molar-refractivity contribution in [3.05, 3.63) is 29.3 Å². The summed E-state index contributed by atoms with van der Waals surface area (Å²) >= 11 is 0. The lowest BCUT2D eigenvalue weighted by Gasteiger charge is -2.30. The second kappa shape index (κ2) is 5.02. The van der Waals surface area contributed by atoms with E-state index >= 15 is 0 Å². The predicted octanol–water partition coefficient (Wildman–Crippen LogP) is 3.54. The molecule has 0 radical (unpaired) electrons. The summed E-state index contributed by atoms with van der Waals surface area (Å²) in [6.07, 6.45) is 4.76. The van der Waals surface area contributed by atoms with Gasteiger partial charge in [-0.3, -0.25) is 4.55 Å². The molecule has 0 saturated heterocycles. The highest BCUT2D eigenvalue weighted by Gasteiger charge is 2.25. The molecule has 0 spiro atoms. The molecule has 1 aliphatic carbocycles. The minimum atomic E-state index is -4.10. The number of hydrogen-bond donors (Lipinski definition) is 1. The first-order valence-corrected chi connectivity index (χ1v) is 7.91. The SMILES string of the molecule is Cc1ccc(S(=O)(=O)O)cc1C1CCCCC1C. The summed E-state index contributed by atoms with van der Waals surface area (Å²) in [4.78, 5) is 0.0147. The molecule has 4 heteroatoms. The topological polar surface area (TPSA) is 54.4 Å². The van der Waals surface area contributed by atoms with Gasteiger partial charge in [-0.25, -0.2) is 0 Å². The summed E-state index contributed by atoms with van der Waals surface area (Å²) in [7, 11) is -4.10. The van der Waals surface area contributed by atoms with Crippen molar-refractivity contribution in [2.24, 2.45) is 5.92 Å². The van der Waals surface area contributed by atoms with Gasteiger partial charge in [-0.15, -0.1) is 0 Å². The lowest BCUT2D eigenvalue weighted by molar-refractivity contribution is 0.329. The molecule has 2 atom stereocenters. The Kier molecular flexibility index (Phi) is 3.78. The predicted molar refractivity (Wildman–Crippen MR) is 71.4 cm³/mol. The number of aryl methyl sites for hydroxylation is 1. The van der Waals surface area contributed by atoms with Crippen molar-refractivity contribution in [2.45, 2.75) is 50.3 Å². The Balaban J connectivity index is 2.43. The maximum atomic E-state index is 11.2. The Morgan fingerprint density at radius 1 is 1.22 bits per heavy atom. The molecule has 1 aliphatic rings. The Morgan fingerprint density at radius 3 is 2.50 bits per heavy atom. The van der Waals surface area contributed by atoms with E-state index in [1.807, 2.05) is 6.92 Å². The van der Waals surface area contributed by atoms with Crippen molar-refractivity contribution >= 4 is 10.1 Å². The van der Waals surface area contributed by atoms with E-state index < -0.39 is 10.1 Å². The molecule has 1 N–H and O–H groups in total. The second-order valence-electron chi connectivity index (χ2n) is 5.36. The van der Waals surface area contributed by atoms with Crippen LogP contribution in [0.1, 0.15) is 49.7 Å². The van der Waals surface area contributed by atoms with E-state index in [0.717, 1.165) is 17.5 Å². The normalized spacial score (nSPS) is 25.1. The van der Waals surface area contributed by atoms with Crippen LogP contribution >= 0.6 is 0 Å². The smallest absolute Gasteiger partial charge is 0.282 e. The molecule has 0 aliphatic heterocycles. The van der Waals surface area contributed by atoms with Crippen LogP contribution in [-0.4, -0.2) is 13.0 Å². The van der Waals surface area contributed by atoms with E-state index in [9.17, 15) is 8.42 Å². The minimum absolute atomic E-state index is 0.0147. The van der Waals surface area contributed by atoms with Gasteiger partial charge in [0.05, 0.1) is 4.90 Å². The summed E-state index contributed by atoms with van der Waals surface area (Å²) in [5, 5.41) is 0. The van der Waals surface area contributed by atoms with Gasteiger partial charge in [0.25, 0.3) is 10.1 Å². The van der Waals surface area contributed by atoms with Gasteiger partial charge in [0.1, 0.15) is 0 Å². The zero-order chi connectivity index (χ0) is 13.3. The molecule has 1 saturated carbocycles. The fraction of sp³-hybridized carbons (Fsp3) is 0.571. The first-order valence-electron chi connectivity index (χ1n) is 6.47. The zero-order valence-electron chi connectivity index (χ0n) is 10.9. The van der Waals surface area contributed by atoms with Gasteiger partial charge in [0, 0.05) is 0 Å². The molecule has 1 aromatic rings. The summed E-state index contributed by atoms with van der Waals surface area (Å²) < 4.78 is 31.6. The third-order valence-corrected chi connectivity index (χ3v) is 4.91. The largest absolute Gasteiger partial charge is 0.294 e. The Bertz CT molecular complexity index is 534. The second-order valence-corrected chi connectivity index (χ2v) is 6.78. The first-order chi connectivity index (χ1) is 8.39. The lowest BCUT2D eigenvalue weighted by atomic mass is 9.75. The molecule has 0 aromatic heterocycles. The molecule has 0 heterocycles. The van der Waals surface area contributed by atoms with Crippen LogP contribution < -0.4 is 0 Å². The molecule has 0 bridgehead atoms. The van der Waals surface area contributed by atoms with Crippen LogP contribution in [0.25, 0.3) is 0 Å². The van der Waals surface area contributed by atoms with E-state index in [0.29, 0.717) is 11.8 Å². The Labute approximate surface area is 109 Å². The highest BCUT2D eigenvalue weighted by atomic mass is 32.2. The van der Waals surface area contributed by atoms with Crippen LogP contribution in [0.5, 0.6) is 0 Å². The summed E-state index contributed by atoms with van der Waals surface area (Å²) in [6, 6.07) is 4.92. The fourth-order valence-electron chi connectivity index (χ4n) is 2.96. The third-order valence-electron chi connectivity index (χ3n) is 4.06. The van der Waals surface area contributed by atoms with Crippen LogP contribution in [0.4, 0.5) is 0 Å². The van der Waals surface area contributed by atoms with Crippen molar-refractivity contribution in [1.82, 2.24) is 0 Å². The number of hydrogen-bond acceptors (Lipinski definition) is 2. The molecule has 2 unspecified atom stereocenters. The average molecular weight is 268 g/mol. The Hall–Kier alpha value is -0.870. The van der Waals surface area contributed by atoms with Crippen molar-refractivity contribution in [3.8, 4) is 0 Å². The molecule has 0 amide bonds. The lowest BCUT2D eigenvalue weighted by Crippen LogP contribution is -2.16. The van der Waals surface area contributed by atoms with Gasteiger partial charge in [-0.1, -0.05) is 32.3 Å². The minimum Gasteiger partial charge on any atom is -0.282 e. The molecule has 1 fully saturated rings. The molecule has 2 rings (SSSR count). The number of rotatable bonds is 2. The Morgan fingerprint density at radius 2 is 1.89 bits per heavy atom. The van der Waals surface area contributed by atoms with Crippen molar-refractivity contribution in [3.63, 3.8) is 0 Å². The van der Waals surface area contributed by atoms with Gasteiger partial charge >= 0.3 is 0 Å². The van der Waals surface area contributed by atoms with E-state index in [4.69, 9.17) is 4.55 Å². The maximum Gasteiger partial charge on any atom is 0.294 e. The van der Waals surface area contributed by atoms with Gasteiger partial charge < -0.3 is 0 Å². The average Bonchev–Trinajstić information content (AvgIpc) is 2.29.